The van der Waals surface area contributed by atoms with Crippen LogP contribution in [0.1, 0.15) is 32.6 Å². The highest BCUT2D eigenvalue weighted by molar-refractivity contribution is 7.91. The zero-order valence-electron chi connectivity index (χ0n) is 11.8. The van der Waals surface area contributed by atoms with Gasteiger partial charge in [-0.1, -0.05) is 6.92 Å². The van der Waals surface area contributed by atoms with E-state index in [9.17, 15) is 18.0 Å². The summed E-state index contributed by atoms with van der Waals surface area (Å²) >= 11 is 0. The van der Waals surface area contributed by atoms with Crippen LogP contribution >= 0.6 is 0 Å². The summed E-state index contributed by atoms with van der Waals surface area (Å²) in [5.74, 6) is 0.367. The molecule has 1 aliphatic heterocycles. The number of hydrogen-bond donors (Lipinski definition) is 1. The molecule has 2 rings (SSSR count). The van der Waals surface area contributed by atoms with Crippen molar-refractivity contribution in [2.24, 2.45) is 5.92 Å². The van der Waals surface area contributed by atoms with Gasteiger partial charge in [0.1, 0.15) is 15.9 Å². The monoisotopic (exact) mass is 302 g/mol. The van der Waals surface area contributed by atoms with Gasteiger partial charge in [-0.25, -0.2) is 8.42 Å². The van der Waals surface area contributed by atoms with Crippen molar-refractivity contribution in [2.75, 3.05) is 24.6 Å². The van der Waals surface area contributed by atoms with E-state index in [0.717, 1.165) is 12.8 Å². The van der Waals surface area contributed by atoms with E-state index in [4.69, 9.17) is 0 Å². The molecule has 2 aliphatic rings. The SMILES string of the molecule is CCS(=O)(=O)CCCN1CCC(=O)NC(C2CC2)C1=O. The zero-order valence-corrected chi connectivity index (χ0v) is 12.6. The first-order valence-corrected chi connectivity index (χ1v) is 9.03. The number of nitrogens with one attached hydrogen (secondary N) is 1. The Balaban J connectivity index is 1.92. The number of amides is 2. The Bertz CT molecular complexity index is 485. The molecule has 1 aliphatic carbocycles. The lowest BCUT2D eigenvalue weighted by molar-refractivity contribution is -0.134. The van der Waals surface area contributed by atoms with Crippen LogP contribution in [0, 0.1) is 5.92 Å². The molecule has 0 bridgehead atoms. The summed E-state index contributed by atoms with van der Waals surface area (Å²) in [4.78, 5) is 25.6. The average Bonchev–Trinajstić information content (AvgIpc) is 3.23. The number of nitrogens with zero attached hydrogens (tertiary/aromatic N) is 1. The van der Waals surface area contributed by atoms with Crippen molar-refractivity contribution in [1.29, 1.82) is 0 Å². The summed E-state index contributed by atoms with van der Waals surface area (Å²) in [5.41, 5.74) is 0. The van der Waals surface area contributed by atoms with Crippen molar-refractivity contribution >= 4 is 21.7 Å². The van der Waals surface area contributed by atoms with Gasteiger partial charge in [-0.15, -0.1) is 0 Å². The van der Waals surface area contributed by atoms with E-state index >= 15 is 0 Å². The summed E-state index contributed by atoms with van der Waals surface area (Å²) < 4.78 is 22.9. The largest absolute Gasteiger partial charge is 0.344 e. The predicted octanol–water partition coefficient (Wildman–Crippen LogP) is -0.0617. The Morgan fingerprint density at radius 3 is 2.60 bits per heavy atom. The van der Waals surface area contributed by atoms with Crippen LogP contribution in [-0.4, -0.2) is 55.8 Å². The van der Waals surface area contributed by atoms with E-state index in [-0.39, 0.29) is 29.2 Å². The van der Waals surface area contributed by atoms with Gasteiger partial charge in [-0.05, 0) is 25.2 Å². The summed E-state index contributed by atoms with van der Waals surface area (Å²) in [5, 5.41) is 2.79. The number of carbonyl (C=O) groups excluding carboxylic acids is 2. The molecule has 6 nitrogen and oxygen atoms in total. The minimum atomic E-state index is -3.00. The molecule has 1 saturated heterocycles. The number of hydrogen-bond acceptors (Lipinski definition) is 4. The maximum Gasteiger partial charge on any atom is 0.245 e. The maximum absolute atomic E-state index is 12.4. The highest BCUT2D eigenvalue weighted by atomic mass is 32.2. The fraction of sp³-hybridized carbons (Fsp3) is 0.846. The molecular weight excluding hydrogens is 280 g/mol. The first-order chi connectivity index (χ1) is 9.43. The van der Waals surface area contributed by atoms with Gasteiger partial charge in [-0.3, -0.25) is 9.59 Å². The van der Waals surface area contributed by atoms with Gasteiger partial charge >= 0.3 is 0 Å². The third-order valence-electron chi connectivity index (χ3n) is 3.92. The summed E-state index contributed by atoms with van der Waals surface area (Å²) in [6, 6.07) is -0.396. The minimum Gasteiger partial charge on any atom is -0.344 e. The molecule has 1 atom stereocenters. The van der Waals surface area contributed by atoms with Crippen LogP contribution in [0.5, 0.6) is 0 Å². The molecule has 1 N–H and O–H groups in total. The standard InChI is InChI=1S/C13H22N2O4S/c1-2-20(18,19)9-3-7-15-8-6-11(16)14-12(13(15)17)10-4-5-10/h10,12H,2-9H2,1H3,(H,14,16). The smallest absolute Gasteiger partial charge is 0.245 e. The van der Waals surface area contributed by atoms with E-state index in [2.05, 4.69) is 5.32 Å². The van der Waals surface area contributed by atoms with Crippen LogP contribution in [0.2, 0.25) is 0 Å². The molecule has 0 radical (unpaired) electrons. The van der Waals surface area contributed by atoms with Gasteiger partial charge in [0.05, 0.1) is 5.75 Å². The van der Waals surface area contributed by atoms with E-state index in [1.165, 1.54) is 0 Å². The summed E-state index contributed by atoms with van der Waals surface area (Å²) in [7, 11) is -3.00. The average molecular weight is 302 g/mol. The molecule has 7 heteroatoms. The van der Waals surface area contributed by atoms with Gasteiger partial charge in [-0.2, -0.15) is 0 Å². The molecule has 0 aromatic carbocycles. The van der Waals surface area contributed by atoms with E-state index in [1.54, 1.807) is 11.8 Å². The number of carbonyl (C=O) groups is 2. The van der Waals surface area contributed by atoms with Gasteiger partial charge in [0.25, 0.3) is 0 Å². The Labute approximate surface area is 119 Å². The molecule has 0 aromatic heterocycles. The van der Waals surface area contributed by atoms with E-state index in [0.29, 0.717) is 25.9 Å². The third-order valence-corrected chi connectivity index (χ3v) is 5.71. The van der Waals surface area contributed by atoms with Gasteiger partial charge in [0, 0.05) is 25.3 Å². The number of rotatable bonds is 6. The van der Waals surface area contributed by atoms with Crippen molar-refractivity contribution in [3.63, 3.8) is 0 Å². The number of sulfone groups is 1. The Kier molecular flexibility index (Phi) is 4.67. The summed E-state index contributed by atoms with van der Waals surface area (Å²) in [6.45, 7) is 2.43. The van der Waals surface area contributed by atoms with Gasteiger partial charge in [0.2, 0.25) is 11.8 Å². The molecule has 1 heterocycles. The van der Waals surface area contributed by atoms with Crippen LogP contribution in [0.3, 0.4) is 0 Å². The Morgan fingerprint density at radius 1 is 1.30 bits per heavy atom. The highest BCUT2D eigenvalue weighted by Crippen LogP contribution is 2.34. The van der Waals surface area contributed by atoms with Crippen LogP contribution in [0.15, 0.2) is 0 Å². The van der Waals surface area contributed by atoms with Crippen LogP contribution < -0.4 is 5.32 Å². The molecule has 0 aromatic rings. The Hall–Kier alpha value is -1.11. The molecule has 2 fully saturated rings. The second kappa shape index (κ2) is 6.11. The lowest BCUT2D eigenvalue weighted by Crippen LogP contribution is -2.46. The van der Waals surface area contributed by atoms with E-state index in [1.807, 2.05) is 0 Å². The van der Waals surface area contributed by atoms with Crippen molar-refractivity contribution in [3.8, 4) is 0 Å². The molecule has 2 amide bonds. The van der Waals surface area contributed by atoms with Gasteiger partial charge < -0.3 is 10.2 Å². The zero-order chi connectivity index (χ0) is 14.8. The van der Waals surface area contributed by atoms with Crippen molar-refractivity contribution in [3.05, 3.63) is 0 Å². The topological polar surface area (TPSA) is 83.6 Å². The second-order valence-electron chi connectivity index (χ2n) is 5.55. The molecule has 0 spiro atoms. The highest BCUT2D eigenvalue weighted by Gasteiger charge is 2.40. The lowest BCUT2D eigenvalue weighted by atomic mass is 10.1. The van der Waals surface area contributed by atoms with Crippen molar-refractivity contribution in [2.45, 2.75) is 38.6 Å². The maximum atomic E-state index is 12.4. The molecular formula is C13H22N2O4S. The summed E-state index contributed by atoms with van der Waals surface area (Å²) in [6.07, 6.45) is 2.70. The fourth-order valence-corrected chi connectivity index (χ4v) is 3.30. The molecule has 1 saturated carbocycles. The van der Waals surface area contributed by atoms with Crippen LogP contribution in [0.4, 0.5) is 0 Å². The quantitative estimate of drug-likeness (QED) is 0.745. The van der Waals surface area contributed by atoms with Crippen molar-refractivity contribution < 1.29 is 18.0 Å². The Morgan fingerprint density at radius 2 is 2.00 bits per heavy atom. The second-order valence-corrected chi connectivity index (χ2v) is 8.02. The van der Waals surface area contributed by atoms with E-state index < -0.39 is 15.9 Å². The van der Waals surface area contributed by atoms with Crippen molar-refractivity contribution in [1.82, 2.24) is 10.2 Å². The molecule has 20 heavy (non-hydrogen) atoms. The third kappa shape index (κ3) is 3.94. The fourth-order valence-electron chi connectivity index (χ4n) is 2.44. The van der Waals surface area contributed by atoms with Crippen LogP contribution in [0.25, 0.3) is 0 Å². The first-order valence-electron chi connectivity index (χ1n) is 7.21. The lowest BCUT2D eigenvalue weighted by Gasteiger charge is -2.23. The van der Waals surface area contributed by atoms with Gasteiger partial charge in [0.15, 0.2) is 0 Å². The first kappa shape index (κ1) is 15.3. The molecule has 1 unspecified atom stereocenters. The normalized spacial score (nSPS) is 24.4. The minimum absolute atomic E-state index is 0.0488. The predicted molar refractivity (Wildman–Crippen MR) is 74.8 cm³/mol. The van der Waals surface area contributed by atoms with Crippen LogP contribution in [-0.2, 0) is 19.4 Å². The molecule has 114 valence electrons.